The van der Waals surface area contributed by atoms with E-state index in [-0.39, 0.29) is 12.0 Å². The third kappa shape index (κ3) is 6.76. The van der Waals surface area contributed by atoms with Crippen molar-refractivity contribution in [1.82, 2.24) is 9.97 Å². The molecule has 0 saturated carbocycles. The van der Waals surface area contributed by atoms with E-state index >= 15 is 0 Å². The maximum Gasteiger partial charge on any atom is 0.333 e. The summed E-state index contributed by atoms with van der Waals surface area (Å²) in [6.07, 6.45) is 5.86. The number of ether oxygens (including phenoxy) is 3. The first-order valence-electron chi connectivity index (χ1n) is 9.32. The van der Waals surface area contributed by atoms with Crippen molar-refractivity contribution in [1.29, 1.82) is 0 Å². The second-order valence-corrected chi connectivity index (χ2v) is 8.72. The van der Waals surface area contributed by atoms with E-state index in [2.05, 4.69) is 28.9 Å². The highest BCUT2D eigenvalue weighted by Gasteiger charge is 2.20. The highest BCUT2D eigenvalue weighted by atomic mass is 32.1. The van der Waals surface area contributed by atoms with Crippen molar-refractivity contribution in [2.45, 2.75) is 33.3 Å². The molecule has 2 heterocycles. The van der Waals surface area contributed by atoms with Crippen LogP contribution in [0.15, 0.2) is 28.7 Å². The molecule has 2 rings (SSSR count). The van der Waals surface area contributed by atoms with E-state index in [0.29, 0.717) is 11.7 Å². The van der Waals surface area contributed by atoms with Gasteiger partial charge in [0.05, 0.1) is 37.1 Å². The van der Waals surface area contributed by atoms with Crippen molar-refractivity contribution in [3.05, 3.63) is 39.4 Å². The van der Waals surface area contributed by atoms with Gasteiger partial charge in [-0.1, -0.05) is 26.8 Å². The van der Waals surface area contributed by atoms with Gasteiger partial charge in [-0.15, -0.1) is 22.7 Å². The number of rotatable bonds is 10. The van der Waals surface area contributed by atoms with Gasteiger partial charge in [0.1, 0.15) is 16.5 Å². The smallest absolute Gasteiger partial charge is 0.333 e. The Morgan fingerprint density at radius 2 is 1.86 bits per heavy atom. The Labute approximate surface area is 180 Å². The Hall–Kier alpha value is -2.03. The summed E-state index contributed by atoms with van der Waals surface area (Å²) >= 11 is 3.25. The van der Waals surface area contributed by atoms with Crippen LogP contribution >= 0.6 is 22.7 Å². The molecule has 0 fully saturated rings. The van der Waals surface area contributed by atoms with Crippen LogP contribution in [-0.2, 0) is 25.4 Å². The quantitative estimate of drug-likeness (QED) is 0.302. The SMILES string of the molecule is COC(=O)C=C(OC)[C@H](C)[C@H](C=Cc1csc(-c2csc(CC(C)C)n2)n1)OC. The van der Waals surface area contributed by atoms with Crippen molar-refractivity contribution in [3.8, 4) is 10.7 Å². The number of thiazole rings is 2. The summed E-state index contributed by atoms with van der Waals surface area (Å²) in [5, 5.41) is 6.10. The summed E-state index contributed by atoms with van der Waals surface area (Å²) in [6, 6.07) is 0. The number of carbonyl (C=O) groups is 1. The van der Waals surface area contributed by atoms with Gasteiger partial charge in [0.25, 0.3) is 0 Å². The largest absolute Gasteiger partial charge is 0.500 e. The second-order valence-electron chi connectivity index (χ2n) is 6.92. The van der Waals surface area contributed by atoms with Gasteiger partial charge in [-0.2, -0.15) is 0 Å². The van der Waals surface area contributed by atoms with Gasteiger partial charge in [-0.3, -0.25) is 0 Å². The predicted octanol–water partition coefficient (Wildman–Crippen LogP) is 4.83. The molecule has 0 aliphatic heterocycles. The van der Waals surface area contributed by atoms with Crippen LogP contribution in [0.4, 0.5) is 0 Å². The van der Waals surface area contributed by atoms with E-state index < -0.39 is 5.97 Å². The number of carbonyl (C=O) groups excluding carboxylic acids is 1. The topological polar surface area (TPSA) is 70.5 Å². The maximum atomic E-state index is 11.5. The zero-order chi connectivity index (χ0) is 21.4. The van der Waals surface area contributed by atoms with E-state index in [9.17, 15) is 4.79 Å². The maximum absolute atomic E-state index is 11.5. The Bertz CT molecular complexity index is 854. The van der Waals surface area contributed by atoms with Crippen molar-refractivity contribution in [3.63, 3.8) is 0 Å². The molecular weight excluding hydrogens is 408 g/mol. The monoisotopic (exact) mass is 436 g/mol. The first-order chi connectivity index (χ1) is 13.9. The van der Waals surface area contributed by atoms with Gasteiger partial charge >= 0.3 is 5.97 Å². The molecule has 6 nitrogen and oxygen atoms in total. The fourth-order valence-corrected chi connectivity index (χ4v) is 4.50. The summed E-state index contributed by atoms with van der Waals surface area (Å²) < 4.78 is 15.6. The molecule has 2 aromatic rings. The van der Waals surface area contributed by atoms with E-state index in [1.807, 2.05) is 24.5 Å². The Balaban J connectivity index is 2.11. The van der Waals surface area contributed by atoms with Crippen molar-refractivity contribution in [2.24, 2.45) is 11.8 Å². The lowest BCUT2D eigenvalue weighted by molar-refractivity contribution is -0.135. The molecule has 0 aliphatic rings. The van der Waals surface area contributed by atoms with E-state index in [4.69, 9.17) is 14.5 Å². The number of nitrogens with zero attached hydrogens (tertiary/aromatic N) is 2. The molecular formula is C21H28N2O4S2. The number of esters is 1. The average Bonchev–Trinajstić information content (AvgIpc) is 3.35. The Morgan fingerprint density at radius 1 is 1.10 bits per heavy atom. The molecule has 29 heavy (non-hydrogen) atoms. The molecule has 8 heteroatoms. The molecule has 0 spiro atoms. The zero-order valence-corrected chi connectivity index (χ0v) is 19.3. The molecule has 0 aromatic carbocycles. The fourth-order valence-electron chi connectivity index (χ4n) is 2.69. The van der Waals surface area contributed by atoms with Gasteiger partial charge in [0.15, 0.2) is 0 Å². The molecule has 0 bridgehead atoms. The standard InChI is InChI=1S/C21H28N2O4S2/c1-13(2)9-19-23-16(12-28-19)21-22-15(11-29-21)7-8-17(25-4)14(3)18(26-5)10-20(24)27-6/h7-8,10-14,17H,9H2,1-6H3/t14-,17+/m1/s1. The first-order valence-corrected chi connectivity index (χ1v) is 11.1. The van der Waals surface area contributed by atoms with Crippen LogP contribution in [0, 0.1) is 11.8 Å². The minimum absolute atomic E-state index is 0.171. The van der Waals surface area contributed by atoms with Crippen molar-refractivity contribution < 1.29 is 19.0 Å². The predicted molar refractivity (Wildman–Crippen MR) is 118 cm³/mol. The number of aromatic nitrogens is 2. The van der Waals surface area contributed by atoms with Gasteiger partial charge in [0.2, 0.25) is 0 Å². The Morgan fingerprint density at radius 3 is 2.48 bits per heavy atom. The van der Waals surface area contributed by atoms with Crippen LogP contribution in [0.2, 0.25) is 0 Å². The molecule has 0 unspecified atom stereocenters. The minimum Gasteiger partial charge on any atom is -0.500 e. The average molecular weight is 437 g/mol. The number of methoxy groups -OCH3 is 3. The number of hydrogen-bond acceptors (Lipinski definition) is 8. The van der Waals surface area contributed by atoms with E-state index in [1.165, 1.54) is 20.3 Å². The lowest BCUT2D eigenvalue weighted by atomic mass is 10.0. The summed E-state index contributed by atoms with van der Waals surface area (Å²) in [7, 11) is 4.48. The molecule has 2 atom stereocenters. The lowest BCUT2D eigenvalue weighted by Gasteiger charge is -2.21. The van der Waals surface area contributed by atoms with Crippen LogP contribution in [0.3, 0.4) is 0 Å². The fraction of sp³-hybridized carbons (Fsp3) is 0.476. The molecule has 2 aromatic heterocycles. The van der Waals surface area contributed by atoms with Crippen LogP contribution < -0.4 is 0 Å². The van der Waals surface area contributed by atoms with Gasteiger partial charge in [-0.05, 0) is 12.0 Å². The van der Waals surface area contributed by atoms with Crippen molar-refractivity contribution in [2.75, 3.05) is 21.3 Å². The van der Waals surface area contributed by atoms with Crippen LogP contribution in [-0.4, -0.2) is 43.4 Å². The van der Waals surface area contributed by atoms with Gasteiger partial charge in [-0.25, -0.2) is 14.8 Å². The molecule has 0 aliphatic carbocycles. The van der Waals surface area contributed by atoms with E-state index in [1.54, 1.807) is 29.8 Å². The zero-order valence-electron chi connectivity index (χ0n) is 17.7. The minimum atomic E-state index is -0.461. The summed E-state index contributed by atoms with van der Waals surface area (Å²) in [5.74, 6) is 0.446. The molecule has 158 valence electrons. The third-order valence-electron chi connectivity index (χ3n) is 4.24. The van der Waals surface area contributed by atoms with E-state index in [0.717, 1.165) is 27.8 Å². The van der Waals surface area contributed by atoms with Crippen LogP contribution in [0.1, 0.15) is 31.5 Å². The normalized spacial score (nSPS) is 14.4. The summed E-state index contributed by atoms with van der Waals surface area (Å²) in [5.41, 5.74) is 1.77. The second kappa shape index (κ2) is 11.2. The summed E-state index contributed by atoms with van der Waals surface area (Å²) in [4.78, 5) is 20.9. The van der Waals surface area contributed by atoms with Gasteiger partial charge in [0, 0.05) is 30.2 Å². The highest BCUT2D eigenvalue weighted by Crippen LogP contribution is 2.27. The molecule has 0 radical (unpaired) electrons. The third-order valence-corrected chi connectivity index (χ3v) is 6.00. The molecule has 0 N–H and O–H groups in total. The lowest BCUT2D eigenvalue weighted by Crippen LogP contribution is -2.21. The van der Waals surface area contributed by atoms with Gasteiger partial charge < -0.3 is 14.2 Å². The first kappa shape index (κ1) is 23.3. The Kier molecular flexibility index (Phi) is 9.00. The van der Waals surface area contributed by atoms with Crippen LogP contribution in [0.25, 0.3) is 16.8 Å². The number of hydrogen-bond donors (Lipinski definition) is 0. The summed E-state index contributed by atoms with van der Waals surface area (Å²) in [6.45, 7) is 6.31. The molecule has 0 saturated heterocycles. The van der Waals surface area contributed by atoms with Crippen LogP contribution in [0.5, 0.6) is 0 Å². The molecule has 0 amide bonds. The highest BCUT2D eigenvalue weighted by molar-refractivity contribution is 7.14. The van der Waals surface area contributed by atoms with Crippen molar-refractivity contribution >= 4 is 34.7 Å².